The van der Waals surface area contributed by atoms with E-state index in [1.165, 1.54) is 0 Å². The number of imide groups is 1. The zero-order chi connectivity index (χ0) is 15.0. The summed E-state index contributed by atoms with van der Waals surface area (Å²) in [6.07, 6.45) is 0. The summed E-state index contributed by atoms with van der Waals surface area (Å²) in [6.45, 7) is 4.75. The van der Waals surface area contributed by atoms with Gasteiger partial charge in [0.1, 0.15) is 0 Å². The minimum Gasteiger partial charge on any atom is -0.383 e. The second-order valence-electron chi connectivity index (χ2n) is 4.47. The van der Waals surface area contributed by atoms with E-state index in [-0.39, 0.29) is 12.5 Å². The number of carbonyl (C=O) groups excluding carboxylic acids is 2. The molecule has 0 aliphatic carbocycles. The first kappa shape index (κ1) is 16.0. The maximum atomic E-state index is 11.6. The molecule has 0 unspecified atom stereocenters. The van der Waals surface area contributed by atoms with Crippen LogP contribution in [0.3, 0.4) is 0 Å². The molecule has 0 radical (unpaired) electrons. The summed E-state index contributed by atoms with van der Waals surface area (Å²) in [6, 6.07) is 5.42. The smallest absolute Gasteiger partial charge is 0.321 e. The van der Waals surface area contributed by atoms with Gasteiger partial charge in [-0.3, -0.25) is 10.1 Å². The topological polar surface area (TPSA) is 79.5 Å². The zero-order valence-corrected chi connectivity index (χ0v) is 12.1. The Morgan fingerprint density at radius 1 is 1.25 bits per heavy atom. The third-order valence-corrected chi connectivity index (χ3v) is 2.68. The molecule has 0 heterocycles. The van der Waals surface area contributed by atoms with Gasteiger partial charge < -0.3 is 15.4 Å². The van der Waals surface area contributed by atoms with E-state index in [0.717, 1.165) is 16.8 Å². The summed E-state index contributed by atoms with van der Waals surface area (Å²) in [7, 11) is 1.54. The van der Waals surface area contributed by atoms with Gasteiger partial charge in [-0.05, 0) is 31.0 Å². The molecule has 0 aromatic heterocycles. The van der Waals surface area contributed by atoms with Crippen molar-refractivity contribution < 1.29 is 14.3 Å². The molecule has 20 heavy (non-hydrogen) atoms. The van der Waals surface area contributed by atoms with Gasteiger partial charge >= 0.3 is 6.03 Å². The monoisotopic (exact) mass is 279 g/mol. The van der Waals surface area contributed by atoms with Gasteiger partial charge in [-0.25, -0.2) is 4.79 Å². The van der Waals surface area contributed by atoms with Gasteiger partial charge in [0.2, 0.25) is 5.91 Å². The van der Waals surface area contributed by atoms with Crippen molar-refractivity contribution in [2.75, 3.05) is 32.1 Å². The predicted octanol–water partition coefficient (Wildman–Crippen LogP) is 1.19. The molecule has 110 valence electrons. The highest BCUT2D eigenvalue weighted by Crippen LogP contribution is 2.15. The molecule has 6 nitrogen and oxygen atoms in total. The highest BCUT2D eigenvalue weighted by atomic mass is 16.5. The van der Waals surface area contributed by atoms with Crippen LogP contribution in [0.5, 0.6) is 0 Å². The molecule has 0 fully saturated rings. The highest BCUT2D eigenvalue weighted by Gasteiger charge is 2.07. The van der Waals surface area contributed by atoms with Crippen LogP contribution in [0.2, 0.25) is 0 Å². The van der Waals surface area contributed by atoms with E-state index in [1.807, 2.05) is 32.0 Å². The average Bonchev–Trinajstić information content (AvgIpc) is 2.40. The predicted molar refractivity (Wildman–Crippen MR) is 77.8 cm³/mol. The molecule has 0 bridgehead atoms. The number of hydrogen-bond donors (Lipinski definition) is 3. The fraction of sp³-hybridized carbons (Fsp3) is 0.429. The number of aryl methyl sites for hydroxylation is 2. The first-order valence-corrected chi connectivity index (χ1v) is 6.40. The first-order valence-electron chi connectivity index (χ1n) is 6.40. The fourth-order valence-electron chi connectivity index (χ4n) is 1.58. The van der Waals surface area contributed by atoms with Crippen LogP contribution in [-0.2, 0) is 9.53 Å². The Labute approximate surface area is 118 Å². The molecule has 1 rings (SSSR count). The molecule has 0 saturated carbocycles. The lowest BCUT2D eigenvalue weighted by atomic mass is 10.1. The number of benzene rings is 1. The summed E-state index contributed by atoms with van der Waals surface area (Å²) < 4.78 is 4.79. The van der Waals surface area contributed by atoms with Crippen LogP contribution in [0, 0.1) is 13.8 Å². The number of amides is 3. The van der Waals surface area contributed by atoms with Gasteiger partial charge in [-0.2, -0.15) is 0 Å². The fourth-order valence-corrected chi connectivity index (χ4v) is 1.58. The molecule has 1 aromatic carbocycles. The van der Waals surface area contributed by atoms with Crippen molar-refractivity contribution in [3.8, 4) is 0 Å². The largest absolute Gasteiger partial charge is 0.383 e. The Kier molecular flexibility index (Phi) is 6.52. The van der Waals surface area contributed by atoms with Gasteiger partial charge in [0.25, 0.3) is 0 Å². The third kappa shape index (κ3) is 5.71. The number of methoxy groups -OCH3 is 1. The summed E-state index contributed by atoms with van der Waals surface area (Å²) in [5.41, 5.74) is 3.05. The molecule has 0 aliphatic heterocycles. The maximum Gasteiger partial charge on any atom is 0.321 e. The number of nitrogens with one attached hydrogen (secondary N) is 3. The van der Waals surface area contributed by atoms with Crippen molar-refractivity contribution in [1.29, 1.82) is 0 Å². The molecule has 1 aromatic rings. The molecule has 3 N–H and O–H groups in total. The van der Waals surface area contributed by atoms with E-state index < -0.39 is 6.03 Å². The second-order valence-corrected chi connectivity index (χ2v) is 4.47. The Morgan fingerprint density at radius 3 is 2.70 bits per heavy atom. The van der Waals surface area contributed by atoms with E-state index >= 15 is 0 Å². The normalized spacial score (nSPS) is 9.95. The Hall–Kier alpha value is -2.08. The maximum absolute atomic E-state index is 11.6. The number of hydrogen-bond acceptors (Lipinski definition) is 4. The molecular formula is C14H21N3O3. The minimum absolute atomic E-state index is 0.0436. The molecule has 0 atom stereocenters. The zero-order valence-electron chi connectivity index (χ0n) is 12.1. The van der Waals surface area contributed by atoms with Crippen molar-refractivity contribution in [2.24, 2.45) is 0 Å². The van der Waals surface area contributed by atoms with Crippen molar-refractivity contribution in [3.63, 3.8) is 0 Å². The van der Waals surface area contributed by atoms with Crippen LogP contribution < -0.4 is 16.0 Å². The van der Waals surface area contributed by atoms with Gasteiger partial charge in [0.05, 0.1) is 13.2 Å². The van der Waals surface area contributed by atoms with Crippen molar-refractivity contribution in [3.05, 3.63) is 29.3 Å². The highest BCUT2D eigenvalue weighted by molar-refractivity contribution is 5.96. The summed E-state index contributed by atoms with van der Waals surface area (Å²) >= 11 is 0. The van der Waals surface area contributed by atoms with Crippen LogP contribution in [0.4, 0.5) is 10.5 Å². The first-order chi connectivity index (χ1) is 9.52. The number of rotatable bonds is 6. The molecule has 6 heteroatoms. The lowest BCUT2D eigenvalue weighted by Crippen LogP contribution is -2.43. The Balaban J connectivity index is 2.36. The minimum atomic E-state index is -0.519. The third-order valence-electron chi connectivity index (χ3n) is 2.68. The average molecular weight is 279 g/mol. The lowest BCUT2D eigenvalue weighted by Gasteiger charge is -2.10. The summed E-state index contributed by atoms with van der Waals surface area (Å²) in [5.74, 6) is -0.388. The van der Waals surface area contributed by atoms with Gasteiger partial charge in [-0.1, -0.05) is 12.1 Å². The van der Waals surface area contributed by atoms with E-state index in [0.29, 0.717) is 13.2 Å². The Morgan fingerprint density at radius 2 is 2.00 bits per heavy atom. The van der Waals surface area contributed by atoms with Crippen molar-refractivity contribution >= 4 is 17.6 Å². The molecule has 0 saturated heterocycles. The SMILES string of the molecule is COCCNC(=O)NC(=O)CNc1cc(C)ccc1C. The number of anilines is 1. The molecule has 3 amide bonds. The quantitative estimate of drug-likeness (QED) is 0.683. The number of urea groups is 1. The Bertz CT molecular complexity index is 475. The van der Waals surface area contributed by atoms with Gasteiger partial charge in [-0.15, -0.1) is 0 Å². The molecule has 0 aliphatic rings. The van der Waals surface area contributed by atoms with Crippen molar-refractivity contribution in [1.82, 2.24) is 10.6 Å². The summed E-state index contributed by atoms with van der Waals surface area (Å²) in [5, 5.41) is 7.76. The van der Waals surface area contributed by atoms with Crippen LogP contribution in [0.15, 0.2) is 18.2 Å². The van der Waals surface area contributed by atoms with Crippen LogP contribution in [0.25, 0.3) is 0 Å². The van der Waals surface area contributed by atoms with E-state index in [2.05, 4.69) is 16.0 Å². The van der Waals surface area contributed by atoms with Crippen LogP contribution in [-0.4, -0.2) is 38.7 Å². The summed E-state index contributed by atoms with van der Waals surface area (Å²) in [4.78, 5) is 22.9. The second kappa shape index (κ2) is 8.16. The molecular weight excluding hydrogens is 258 g/mol. The van der Waals surface area contributed by atoms with Crippen LogP contribution >= 0.6 is 0 Å². The van der Waals surface area contributed by atoms with E-state index in [4.69, 9.17) is 4.74 Å². The number of carbonyl (C=O) groups is 2. The van der Waals surface area contributed by atoms with Crippen LogP contribution in [0.1, 0.15) is 11.1 Å². The van der Waals surface area contributed by atoms with Crippen molar-refractivity contribution in [2.45, 2.75) is 13.8 Å². The number of ether oxygens (including phenoxy) is 1. The van der Waals surface area contributed by atoms with E-state index in [1.54, 1.807) is 7.11 Å². The standard InChI is InChI=1S/C14H21N3O3/c1-10-4-5-11(2)12(8-10)16-9-13(18)17-14(19)15-6-7-20-3/h4-5,8,16H,6-7,9H2,1-3H3,(H2,15,17,18,19). The van der Waals surface area contributed by atoms with Gasteiger partial charge in [0.15, 0.2) is 0 Å². The lowest BCUT2D eigenvalue weighted by molar-refractivity contribution is -0.118. The van der Waals surface area contributed by atoms with E-state index in [9.17, 15) is 9.59 Å². The molecule has 0 spiro atoms. The van der Waals surface area contributed by atoms with Gasteiger partial charge in [0, 0.05) is 19.3 Å².